The Balaban J connectivity index is 3.57. The van der Waals surface area contributed by atoms with Gasteiger partial charge in [0.05, 0.1) is 0 Å². The first-order valence-electron chi connectivity index (χ1n) is 12.9. The Hall–Kier alpha value is -2.22. The Morgan fingerprint density at radius 3 is 1.94 bits per heavy atom. The van der Waals surface area contributed by atoms with Crippen molar-refractivity contribution in [1.29, 1.82) is 0 Å². The molecule has 0 aromatic heterocycles. The van der Waals surface area contributed by atoms with Crippen LogP contribution in [-0.4, -0.2) is 52.3 Å². The fraction of sp³-hybridized carbons (Fsp3) is 0.679. The second kappa shape index (κ2) is 13.9. The highest BCUT2D eigenvalue weighted by Crippen LogP contribution is 2.29. The Bertz CT molecular complexity index is 875. The number of hydrogen-bond acceptors (Lipinski definition) is 5. The number of rotatable bonds is 11. The molecule has 1 rings (SSSR count). The minimum absolute atomic E-state index is 0.0663. The van der Waals surface area contributed by atoms with E-state index in [0.29, 0.717) is 12.3 Å². The summed E-state index contributed by atoms with van der Waals surface area (Å²) in [6, 6.07) is 3.76. The number of alkyl carbamates (subject to hydrolysis) is 1. The third-order valence-electron chi connectivity index (χ3n) is 5.58. The van der Waals surface area contributed by atoms with E-state index < -0.39 is 23.8 Å². The minimum atomic E-state index is -0.954. The van der Waals surface area contributed by atoms with Crippen LogP contribution in [0.5, 0.6) is 0 Å². The molecule has 0 bridgehead atoms. The van der Waals surface area contributed by atoms with Gasteiger partial charge in [0.2, 0.25) is 11.8 Å². The molecule has 0 saturated carbocycles. The Morgan fingerprint density at radius 1 is 0.944 bits per heavy atom. The van der Waals surface area contributed by atoms with Crippen LogP contribution in [0.3, 0.4) is 0 Å². The van der Waals surface area contributed by atoms with Gasteiger partial charge in [0.25, 0.3) is 0 Å². The Morgan fingerprint density at radius 2 is 1.50 bits per heavy atom. The summed E-state index contributed by atoms with van der Waals surface area (Å²) in [5, 5.41) is 5.67. The molecule has 2 N–H and O–H groups in total. The van der Waals surface area contributed by atoms with E-state index in [1.165, 1.54) is 0 Å². The maximum Gasteiger partial charge on any atom is 0.408 e. The maximum atomic E-state index is 14.1. The molecule has 0 aliphatic carbocycles. The summed E-state index contributed by atoms with van der Waals surface area (Å²) >= 11 is 4.37. The Kier molecular flexibility index (Phi) is 12.3. The van der Waals surface area contributed by atoms with Crippen molar-refractivity contribution in [2.24, 2.45) is 5.92 Å². The molecule has 1 aromatic carbocycles. The molecule has 0 spiro atoms. The van der Waals surface area contributed by atoms with Gasteiger partial charge in [-0.1, -0.05) is 43.2 Å². The third kappa shape index (κ3) is 10.4. The fourth-order valence-corrected chi connectivity index (χ4v) is 4.34. The molecule has 1 aromatic rings. The lowest BCUT2D eigenvalue weighted by molar-refractivity contribution is -0.145. The van der Waals surface area contributed by atoms with Crippen LogP contribution in [0.4, 0.5) is 4.79 Å². The molecule has 8 heteroatoms. The summed E-state index contributed by atoms with van der Waals surface area (Å²) in [5.74, 6) is -0.115. The molecule has 0 radical (unpaired) electrons. The summed E-state index contributed by atoms with van der Waals surface area (Å²) in [6.45, 7) is 19.2. The van der Waals surface area contributed by atoms with E-state index in [1.54, 1.807) is 25.7 Å². The first-order chi connectivity index (χ1) is 16.5. The van der Waals surface area contributed by atoms with Gasteiger partial charge in [-0.05, 0) is 79.7 Å². The van der Waals surface area contributed by atoms with Gasteiger partial charge in [0.15, 0.2) is 0 Å². The van der Waals surface area contributed by atoms with Crippen LogP contribution in [0.2, 0.25) is 0 Å². The van der Waals surface area contributed by atoms with Crippen molar-refractivity contribution < 1.29 is 19.1 Å². The molecule has 7 nitrogen and oxygen atoms in total. The summed E-state index contributed by atoms with van der Waals surface area (Å²) in [6.07, 6.45) is 0.909. The van der Waals surface area contributed by atoms with Gasteiger partial charge in [-0.25, -0.2) is 4.79 Å². The van der Waals surface area contributed by atoms with Crippen LogP contribution >= 0.6 is 12.6 Å². The molecule has 0 aliphatic rings. The van der Waals surface area contributed by atoms with Gasteiger partial charge >= 0.3 is 6.09 Å². The molecule has 204 valence electrons. The second-order valence-corrected chi connectivity index (χ2v) is 11.8. The molecule has 36 heavy (non-hydrogen) atoms. The SMILES string of the molecule is Cc1cc(C)cc(C(C(=O)NC(C)C)N(C(=O)C(CS)NC(=O)OC(C)(C)C)C(C)CCC(C)C)c1. The number of carbonyl (C=O) groups excluding carboxylic acids is 3. The largest absolute Gasteiger partial charge is 0.444 e. The van der Waals surface area contributed by atoms with Crippen molar-refractivity contribution in [2.75, 3.05) is 5.75 Å². The average Bonchev–Trinajstić information content (AvgIpc) is 2.70. The van der Waals surface area contributed by atoms with E-state index in [1.807, 2.05) is 52.8 Å². The van der Waals surface area contributed by atoms with Crippen molar-refractivity contribution in [1.82, 2.24) is 15.5 Å². The third-order valence-corrected chi connectivity index (χ3v) is 5.95. The van der Waals surface area contributed by atoms with Crippen LogP contribution in [0.25, 0.3) is 0 Å². The maximum absolute atomic E-state index is 14.1. The molecule has 0 saturated heterocycles. The number of nitrogens with one attached hydrogen (secondary N) is 2. The lowest BCUT2D eigenvalue weighted by Gasteiger charge is -2.39. The van der Waals surface area contributed by atoms with Crippen LogP contribution in [0.1, 0.15) is 91.0 Å². The predicted molar refractivity (Wildman–Crippen MR) is 149 cm³/mol. The van der Waals surface area contributed by atoms with Crippen molar-refractivity contribution in [3.63, 3.8) is 0 Å². The zero-order chi connectivity index (χ0) is 27.8. The second-order valence-electron chi connectivity index (χ2n) is 11.4. The first kappa shape index (κ1) is 31.8. The zero-order valence-corrected chi connectivity index (χ0v) is 24.7. The van der Waals surface area contributed by atoms with Crippen LogP contribution in [-0.2, 0) is 14.3 Å². The highest BCUT2D eigenvalue weighted by molar-refractivity contribution is 7.80. The lowest BCUT2D eigenvalue weighted by Crippen LogP contribution is -2.56. The number of benzene rings is 1. The highest BCUT2D eigenvalue weighted by atomic mass is 32.1. The predicted octanol–water partition coefficient (Wildman–Crippen LogP) is 5.35. The van der Waals surface area contributed by atoms with E-state index >= 15 is 0 Å². The lowest BCUT2D eigenvalue weighted by atomic mass is 9.95. The number of carbonyl (C=O) groups is 3. The molecule has 0 fully saturated rings. The number of thiol groups is 1. The topological polar surface area (TPSA) is 87.7 Å². The number of hydrogen-bond donors (Lipinski definition) is 3. The van der Waals surface area contributed by atoms with Gasteiger partial charge < -0.3 is 20.3 Å². The monoisotopic (exact) mass is 521 g/mol. The molecule has 3 amide bonds. The van der Waals surface area contributed by atoms with E-state index in [9.17, 15) is 14.4 Å². The quantitative estimate of drug-likeness (QED) is 0.343. The van der Waals surface area contributed by atoms with E-state index in [2.05, 4.69) is 37.1 Å². The van der Waals surface area contributed by atoms with Crippen LogP contribution < -0.4 is 10.6 Å². The molecular formula is C28H47N3O4S. The normalized spacial score (nSPS) is 14.2. The van der Waals surface area contributed by atoms with Gasteiger partial charge in [-0.15, -0.1) is 0 Å². The highest BCUT2D eigenvalue weighted by Gasteiger charge is 2.38. The van der Waals surface area contributed by atoms with Gasteiger partial charge in [0, 0.05) is 17.8 Å². The van der Waals surface area contributed by atoms with Crippen molar-refractivity contribution in [3.8, 4) is 0 Å². The molecule has 0 aliphatic heterocycles. The van der Waals surface area contributed by atoms with Crippen molar-refractivity contribution >= 4 is 30.5 Å². The molecule has 0 heterocycles. The zero-order valence-electron chi connectivity index (χ0n) is 23.8. The summed E-state index contributed by atoms with van der Waals surface area (Å²) in [4.78, 5) is 41.9. The molecule has 3 atom stereocenters. The van der Waals surface area contributed by atoms with Crippen molar-refractivity contribution in [3.05, 3.63) is 34.9 Å². The first-order valence-corrected chi connectivity index (χ1v) is 13.5. The molecular weight excluding hydrogens is 474 g/mol. The fourth-order valence-electron chi connectivity index (χ4n) is 4.10. The van der Waals surface area contributed by atoms with Gasteiger partial charge in [-0.2, -0.15) is 12.6 Å². The summed E-state index contributed by atoms with van der Waals surface area (Å²) < 4.78 is 5.38. The number of amides is 3. The van der Waals surface area contributed by atoms with Gasteiger partial charge in [0.1, 0.15) is 17.7 Å². The summed E-state index contributed by atoms with van der Waals surface area (Å²) in [5.41, 5.74) is 2.04. The molecule has 3 unspecified atom stereocenters. The average molecular weight is 522 g/mol. The Labute approximate surface area is 223 Å². The van der Waals surface area contributed by atoms with Crippen LogP contribution in [0, 0.1) is 19.8 Å². The summed E-state index contributed by atoms with van der Waals surface area (Å²) in [7, 11) is 0. The van der Waals surface area contributed by atoms with E-state index in [0.717, 1.165) is 23.1 Å². The van der Waals surface area contributed by atoms with Crippen LogP contribution in [0.15, 0.2) is 18.2 Å². The number of ether oxygens (including phenoxy) is 1. The van der Waals surface area contributed by atoms with Crippen molar-refractivity contribution in [2.45, 2.75) is 112 Å². The van der Waals surface area contributed by atoms with E-state index in [4.69, 9.17) is 4.74 Å². The van der Waals surface area contributed by atoms with E-state index in [-0.39, 0.29) is 29.7 Å². The number of nitrogens with zero attached hydrogens (tertiary/aromatic N) is 1. The smallest absolute Gasteiger partial charge is 0.408 e. The standard InChI is InChI=1S/C28H47N3O4S/c1-17(2)11-12-21(7)31(26(33)23(16-36)30-27(34)35-28(8,9)10)24(25(32)29-18(3)4)22-14-19(5)13-20(6)15-22/h13-15,17-18,21,23-24,36H,11-12,16H2,1-10H3,(H,29,32)(H,30,34). The van der Waals surface area contributed by atoms with Gasteiger partial charge in [-0.3, -0.25) is 9.59 Å². The number of aryl methyl sites for hydroxylation is 2. The minimum Gasteiger partial charge on any atom is -0.444 e.